The molecule has 0 aliphatic heterocycles. The van der Waals surface area contributed by atoms with Crippen molar-refractivity contribution in [2.75, 3.05) is 0 Å². The van der Waals surface area contributed by atoms with Crippen LogP contribution in [0.25, 0.3) is 0 Å². The number of hydrogen-bond acceptors (Lipinski definition) is 4. The summed E-state index contributed by atoms with van der Waals surface area (Å²) in [7, 11) is 1.88. The number of nitrogens with one attached hydrogen (secondary N) is 1. The Bertz CT molecular complexity index is 558. The second-order valence-corrected chi connectivity index (χ2v) is 5.67. The molecule has 0 aromatic carbocycles. The minimum atomic E-state index is -0.0319. The third-order valence-corrected chi connectivity index (χ3v) is 3.70. The zero-order valence-electron chi connectivity index (χ0n) is 11.4. The van der Waals surface area contributed by atoms with Crippen molar-refractivity contribution >= 4 is 17.2 Å². The normalized spacial score (nSPS) is 10.9. The number of carbonyl (C=O) groups excluding carboxylic acids is 1. The molecule has 2 rings (SSSR count). The minimum Gasteiger partial charge on any atom is -0.349 e. The molecule has 0 spiro atoms. The first-order chi connectivity index (χ1) is 9.06. The number of rotatable bonds is 5. The van der Waals surface area contributed by atoms with Crippen LogP contribution in [0.4, 0.5) is 0 Å². The van der Waals surface area contributed by atoms with E-state index in [9.17, 15) is 4.79 Å². The van der Waals surface area contributed by atoms with Gasteiger partial charge in [-0.25, -0.2) is 9.97 Å². The third-order valence-electron chi connectivity index (χ3n) is 2.84. The zero-order valence-corrected chi connectivity index (χ0v) is 12.2. The maximum Gasteiger partial charge on any atom is 0.227 e. The number of carbonyl (C=O) groups is 1. The highest BCUT2D eigenvalue weighted by atomic mass is 32.1. The van der Waals surface area contributed by atoms with Crippen molar-refractivity contribution in [3.8, 4) is 0 Å². The number of imidazole rings is 1. The summed E-state index contributed by atoms with van der Waals surface area (Å²) in [5, 5.41) is 5.86. The van der Waals surface area contributed by atoms with E-state index in [0.717, 1.165) is 16.5 Å². The fourth-order valence-corrected chi connectivity index (χ4v) is 2.51. The van der Waals surface area contributed by atoms with Crippen molar-refractivity contribution < 1.29 is 4.79 Å². The largest absolute Gasteiger partial charge is 0.349 e. The SMILES string of the molecule is CC(C)c1csc(CNC(=O)Cc2nccn2C)n1. The number of hydrogen-bond donors (Lipinski definition) is 1. The summed E-state index contributed by atoms with van der Waals surface area (Å²) in [5.74, 6) is 1.16. The van der Waals surface area contributed by atoms with Crippen LogP contribution in [0.5, 0.6) is 0 Å². The van der Waals surface area contributed by atoms with Gasteiger partial charge >= 0.3 is 0 Å². The summed E-state index contributed by atoms with van der Waals surface area (Å²) < 4.78 is 1.85. The molecule has 0 bridgehead atoms. The molecule has 102 valence electrons. The van der Waals surface area contributed by atoms with Crippen molar-refractivity contribution in [3.05, 3.63) is 34.3 Å². The molecule has 0 saturated heterocycles. The topological polar surface area (TPSA) is 59.8 Å². The Morgan fingerprint density at radius 2 is 2.32 bits per heavy atom. The Hall–Kier alpha value is -1.69. The lowest BCUT2D eigenvalue weighted by molar-refractivity contribution is -0.120. The van der Waals surface area contributed by atoms with Crippen LogP contribution in [0.2, 0.25) is 0 Å². The van der Waals surface area contributed by atoms with Gasteiger partial charge in [-0.1, -0.05) is 13.8 Å². The average molecular weight is 278 g/mol. The van der Waals surface area contributed by atoms with Crippen LogP contribution in [0.1, 0.15) is 36.3 Å². The second-order valence-electron chi connectivity index (χ2n) is 4.73. The number of nitrogens with zero attached hydrogens (tertiary/aromatic N) is 3. The quantitative estimate of drug-likeness (QED) is 0.908. The smallest absolute Gasteiger partial charge is 0.227 e. The molecule has 0 unspecified atom stereocenters. The summed E-state index contributed by atoms with van der Waals surface area (Å²) >= 11 is 1.58. The van der Waals surface area contributed by atoms with Gasteiger partial charge in [-0.3, -0.25) is 4.79 Å². The van der Waals surface area contributed by atoms with E-state index in [-0.39, 0.29) is 5.91 Å². The van der Waals surface area contributed by atoms with E-state index in [1.165, 1.54) is 0 Å². The van der Waals surface area contributed by atoms with Crippen LogP contribution in [-0.2, 0) is 24.8 Å². The Labute approximate surface area is 116 Å². The van der Waals surface area contributed by atoms with Gasteiger partial charge in [0.1, 0.15) is 10.8 Å². The number of aryl methyl sites for hydroxylation is 1. The number of amides is 1. The molecule has 0 fully saturated rings. The van der Waals surface area contributed by atoms with E-state index in [0.29, 0.717) is 18.9 Å². The van der Waals surface area contributed by atoms with Crippen molar-refractivity contribution in [1.29, 1.82) is 0 Å². The predicted molar refractivity (Wildman–Crippen MR) is 75.0 cm³/mol. The summed E-state index contributed by atoms with van der Waals surface area (Å²) in [6, 6.07) is 0. The van der Waals surface area contributed by atoms with Crippen LogP contribution >= 0.6 is 11.3 Å². The van der Waals surface area contributed by atoms with Gasteiger partial charge in [0.15, 0.2) is 0 Å². The van der Waals surface area contributed by atoms with Gasteiger partial charge < -0.3 is 9.88 Å². The van der Waals surface area contributed by atoms with Gasteiger partial charge in [-0.2, -0.15) is 0 Å². The predicted octanol–water partition coefficient (Wildman–Crippen LogP) is 1.86. The molecule has 2 heterocycles. The lowest BCUT2D eigenvalue weighted by Crippen LogP contribution is -2.25. The van der Waals surface area contributed by atoms with Crippen LogP contribution in [0, 0.1) is 0 Å². The molecule has 0 aliphatic rings. The monoisotopic (exact) mass is 278 g/mol. The Kier molecular flexibility index (Phi) is 4.31. The third kappa shape index (κ3) is 3.64. The standard InChI is InChI=1S/C13H18N4OS/c1-9(2)10-8-19-13(16-10)7-15-12(18)6-11-14-4-5-17(11)3/h4-5,8-9H,6-7H2,1-3H3,(H,15,18). The van der Waals surface area contributed by atoms with Crippen molar-refractivity contribution in [3.63, 3.8) is 0 Å². The van der Waals surface area contributed by atoms with Gasteiger partial charge in [0.25, 0.3) is 0 Å². The second kappa shape index (κ2) is 5.97. The molecule has 0 radical (unpaired) electrons. The Morgan fingerprint density at radius 3 is 2.89 bits per heavy atom. The maximum absolute atomic E-state index is 11.8. The highest BCUT2D eigenvalue weighted by molar-refractivity contribution is 7.09. The zero-order chi connectivity index (χ0) is 13.8. The molecule has 19 heavy (non-hydrogen) atoms. The van der Waals surface area contributed by atoms with E-state index in [2.05, 4.69) is 29.1 Å². The molecule has 2 aromatic rings. The molecular weight excluding hydrogens is 260 g/mol. The van der Waals surface area contributed by atoms with Gasteiger partial charge in [0.2, 0.25) is 5.91 Å². The first kappa shape index (κ1) is 13.7. The van der Waals surface area contributed by atoms with Crippen molar-refractivity contribution in [1.82, 2.24) is 19.9 Å². The Morgan fingerprint density at radius 1 is 1.53 bits per heavy atom. The first-order valence-electron chi connectivity index (χ1n) is 6.23. The van der Waals surface area contributed by atoms with Crippen LogP contribution < -0.4 is 5.32 Å². The highest BCUT2D eigenvalue weighted by Crippen LogP contribution is 2.17. The molecule has 0 atom stereocenters. The Balaban J connectivity index is 1.84. The number of thiazole rings is 1. The van der Waals surface area contributed by atoms with E-state index < -0.39 is 0 Å². The molecule has 2 aromatic heterocycles. The van der Waals surface area contributed by atoms with Gasteiger partial charge in [-0.05, 0) is 5.92 Å². The summed E-state index contributed by atoms with van der Waals surface area (Å²) in [5.41, 5.74) is 1.08. The minimum absolute atomic E-state index is 0.0319. The summed E-state index contributed by atoms with van der Waals surface area (Å²) in [6.07, 6.45) is 3.82. The summed E-state index contributed by atoms with van der Waals surface area (Å²) in [4.78, 5) is 20.4. The lowest BCUT2D eigenvalue weighted by Gasteiger charge is -2.03. The molecule has 0 aliphatic carbocycles. The van der Waals surface area contributed by atoms with E-state index in [1.807, 2.05) is 23.2 Å². The van der Waals surface area contributed by atoms with E-state index in [4.69, 9.17) is 0 Å². The highest BCUT2D eigenvalue weighted by Gasteiger charge is 2.09. The van der Waals surface area contributed by atoms with E-state index in [1.54, 1.807) is 17.5 Å². The van der Waals surface area contributed by atoms with Crippen molar-refractivity contribution in [2.24, 2.45) is 7.05 Å². The average Bonchev–Trinajstić information content (AvgIpc) is 2.97. The van der Waals surface area contributed by atoms with Gasteiger partial charge in [0.05, 0.1) is 18.7 Å². The van der Waals surface area contributed by atoms with Gasteiger partial charge in [0, 0.05) is 24.8 Å². The van der Waals surface area contributed by atoms with Gasteiger partial charge in [-0.15, -0.1) is 11.3 Å². The fourth-order valence-electron chi connectivity index (χ4n) is 1.62. The maximum atomic E-state index is 11.8. The van der Waals surface area contributed by atoms with Crippen LogP contribution in [-0.4, -0.2) is 20.4 Å². The van der Waals surface area contributed by atoms with E-state index >= 15 is 0 Å². The lowest BCUT2D eigenvalue weighted by atomic mass is 10.2. The first-order valence-corrected chi connectivity index (χ1v) is 7.11. The molecule has 6 heteroatoms. The van der Waals surface area contributed by atoms with Crippen LogP contribution in [0.3, 0.4) is 0 Å². The molecule has 1 amide bonds. The fraction of sp³-hybridized carbons (Fsp3) is 0.462. The molecule has 0 saturated carbocycles. The summed E-state index contributed by atoms with van der Waals surface area (Å²) in [6.45, 7) is 4.71. The molecular formula is C13H18N4OS. The number of aromatic nitrogens is 3. The van der Waals surface area contributed by atoms with Crippen LogP contribution in [0.15, 0.2) is 17.8 Å². The van der Waals surface area contributed by atoms with Crippen molar-refractivity contribution in [2.45, 2.75) is 32.7 Å². The molecule has 5 nitrogen and oxygen atoms in total. The molecule has 1 N–H and O–H groups in total.